The van der Waals surface area contributed by atoms with Crippen molar-refractivity contribution in [1.29, 1.82) is 0 Å². The number of aliphatic hydroxyl groups is 11. The van der Waals surface area contributed by atoms with E-state index in [2.05, 4.69) is 31.3 Å². The fourth-order valence-electron chi connectivity index (χ4n) is 9.91. The van der Waals surface area contributed by atoms with Gasteiger partial charge in [-0.15, -0.1) is 0 Å². The molecule has 19 nitrogen and oxygen atoms in total. The summed E-state index contributed by atoms with van der Waals surface area (Å²) < 4.78 is 34.2. The van der Waals surface area contributed by atoms with Gasteiger partial charge in [-0.2, -0.15) is 0 Å². The van der Waals surface area contributed by atoms with Crippen molar-refractivity contribution in [3.63, 3.8) is 0 Å². The summed E-state index contributed by atoms with van der Waals surface area (Å²) >= 11 is 0. The molecule has 19 heteroatoms. The Balaban J connectivity index is 1.51. The van der Waals surface area contributed by atoms with Gasteiger partial charge in [0.1, 0.15) is 73.2 Å². The lowest BCUT2D eigenvalue weighted by molar-refractivity contribution is -0.379. The number of nitrogens with one attached hydrogen (secondary N) is 1. The average molecular weight is 1080 g/mol. The van der Waals surface area contributed by atoms with E-state index in [4.69, 9.17) is 28.4 Å². The predicted octanol–water partition coefficient (Wildman–Crippen LogP) is 4.37. The van der Waals surface area contributed by atoms with E-state index >= 15 is 0 Å². The highest BCUT2D eigenvalue weighted by molar-refractivity contribution is 5.76. The lowest BCUT2D eigenvalue weighted by Crippen LogP contribution is -2.66. The van der Waals surface area contributed by atoms with E-state index < -0.39 is 124 Å². The standard InChI is InChI=1S/C56H103NO18/c1-3-5-7-9-11-13-15-17-18-19-20-21-22-24-26-28-30-32-34-44(62)57-39(40(61)33-31-29-27-25-23-16-14-12-10-8-6-4-2)38-70-54-50(68)47(65)52(42(36-59)72-54)75-56-51(69)48(66)53(43(37-60)73-56)74-55-49(67)46(64)45(63)41(35-58)71-55/h23,25,31,33,39-43,45-56,58-61,63-69H,3-22,24,26-30,32,34-38H2,1-2H3,(H,57,62)/b25-23+,33-31+. The molecule has 3 aliphatic heterocycles. The molecule has 3 saturated heterocycles. The normalized spacial score (nSPS) is 31.3. The van der Waals surface area contributed by atoms with Crippen molar-refractivity contribution in [3.8, 4) is 0 Å². The largest absolute Gasteiger partial charge is 0.394 e. The topological polar surface area (TPSA) is 307 Å². The first kappa shape index (κ1) is 67.5. The van der Waals surface area contributed by atoms with Crippen molar-refractivity contribution in [2.75, 3.05) is 26.4 Å². The Morgan fingerprint density at radius 3 is 1.33 bits per heavy atom. The molecular formula is C56H103NO18. The molecule has 0 aromatic heterocycles. The van der Waals surface area contributed by atoms with Crippen molar-refractivity contribution >= 4 is 5.91 Å². The van der Waals surface area contributed by atoms with Crippen LogP contribution in [0, 0.1) is 0 Å². The highest BCUT2D eigenvalue weighted by Gasteiger charge is 2.53. The second kappa shape index (κ2) is 40.4. The van der Waals surface area contributed by atoms with Crippen LogP contribution in [0.25, 0.3) is 0 Å². The molecule has 0 aliphatic carbocycles. The number of amides is 1. The smallest absolute Gasteiger partial charge is 0.220 e. The van der Waals surface area contributed by atoms with Crippen LogP contribution in [0.4, 0.5) is 0 Å². The van der Waals surface area contributed by atoms with Crippen molar-refractivity contribution in [1.82, 2.24) is 5.32 Å². The van der Waals surface area contributed by atoms with Crippen LogP contribution >= 0.6 is 0 Å². The van der Waals surface area contributed by atoms with Gasteiger partial charge in [-0.1, -0.05) is 179 Å². The Labute approximate surface area is 448 Å². The summed E-state index contributed by atoms with van der Waals surface area (Å²) in [4.78, 5) is 13.3. The van der Waals surface area contributed by atoms with E-state index in [-0.39, 0.29) is 18.9 Å². The second-order valence-electron chi connectivity index (χ2n) is 21.1. The minimum atomic E-state index is -1.98. The summed E-state index contributed by atoms with van der Waals surface area (Å²) in [6.07, 6.45) is 13.2. The van der Waals surface area contributed by atoms with Gasteiger partial charge in [-0.05, 0) is 32.1 Å². The van der Waals surface area contributed by atoms with Gasteiger partial charge in [0, 0.05) is 6.42 Å². The molecule has 0 spiro atoms. The van der Waals surface area contributed by atoms with Crippen LogP contribution in [-0.2, 0) is 33.2 Å². The number of allylic oxidation sites excluding steroid dienone is 3. The highest BCUT2D eigenvalue weighted by atomic mass is 16.8. The first-order chi connectivity index (χ1) is 36.3. The van der Waals surface area contributed by atoms with Gasteiger partial charge >= 0.3 is 0 Å². The Morgan fingerprint density at radius 1 is 0.467 bits per heavy atom. The third-order valence-corrected chi connectivity index (χ3v) is 14.8. The number of aliphatic hydroxyl groups excluding tert-OH is 11. The van der Waals surface area contributed by atoms with Gasteiger partial charge in [0.15, 0.2) is 18.9 Å². The Morgan fingerprint density at radius 2 is 0.853 bits per heavy atom. The van der Waals surface area contributed by atoms with Crippen LogP contribution in [0.2, 0.25) is 0 Å². The van der Waals surface area contributed by atoms with Crippen LogP contribution in [-0.4, -0.2) is 193 Å². The maximum Gasteiger partial charge on any atom is 0.220 e. The van der Waals surface area contributed by atoms with E-state index in [1.54, 1.807) is 6.08 Å². The molecule has 17 atom stereocenters. The van der Waals surface area contributed by atoms with Gasteiger partial charge < -0.3 is 89.9 Å². The van der Waals surface area contributed by atoms with Crippen molar-refractivity contribution < 1.29 is 89.4 Å². The van der Waals surface area contributed by atoms with Crippen LogP contribution < -0.4 is 5.32 Å². The first-order valence-corrected chi connectivity index (χ1v) is 29.1. The fourth-order valence-corrected chi connectivity index (χ4v) is 9.91. The zero-order chi connectivity index (χ0) is 54.8. The molecule has 0 saturated carbocycles. The third kappa shape index (κ3) is 25.1. The minimum Gasteiger partial charge on any atom is -0.394 e. The van der Waals surface area contributed by atoms with E-state index in [0.717, 1.165) is 38.5 Å². The van der Waals surface area contributed by atoms with Gasteiger partial charge in [-0.3, -0.25) is 4.79 Å². The van der Waals surface area contributed by atoms with Crippen molar-refractivity contribution in [2.45, 2.75) is 298 Å². The monoisotopic (exact) mass is 1080 g/mol. The molecule has 0 aromatic rings. The van der Waals surface area contributed by atoms with E-state index in [1.165, 1.54) is 122 Å². The molecule has 0 bridgehead atoms. The minimum absolute atomic E-state index is 0.240. The summed E-state index contributed by atoms with van der Waals surface area (Å²) in [7, 11) is 0. The summed E-state index contributed by atoms with van der Waals surface area (Å²) in [5.74, 6) is -0.285. The van der Waals surface area contributed by atoms with E-state index in [1.807, 2.05) is 6.08 Å². The quantitative estimate of drug-likeness (QED) is 0.0298. The number of rotatable bonds is 42. The number of ether oxygens (including phenoxy) is 6. The number of hydrogen-bond donors (Lipinski definition) is 12. The maximum atomic E-state index is 13.3. The fraction of sp³-hybridized carbons (Fsp3) is 0.911. The van der Waals surface area contributed by atoms with Gasteiger partial charge in [0.25, 0.3) is 0 Å². The molecule has 12 N–H and O–H groups in total. The third-order valence-electron chi connectivity index (χ3n) is 14.8. The van der Waals surface area contributed by atoms with Crippen LogP contribution in [0.3, 0.4) is 0 Å². The summed E-state index contributed by atoms with van der Waals surface area (Å²) in [6, 6.07) is -0.983. The number of carbonyl (C=O) groups excluding carboxylic acids is 1. The lowest BCUT2D eigenvalue weighted by Gasteiger charge is -2.48. The molecule has 3 fully saturated rings. The summed E-state index contributed by atoms with van der Waals surface area (Å²) in [5, 5.41) is 120. The summed E-state index contributed by atoms with van der Waals surface area (Å²) in [6.45, 7) is 1.68. The molecule has 3 rings (SSSR count). The van der Waals surface area contributed by atoms with E-state index in [0.29, 0.717) is 12.8 Å². The molecule has 0 radical (unpaired) electrons. The Kier molecular flexibility index (Phi) is 36.4. The van der Waals surface area contributed by atoms with Crippen LogP contribution in [0.1, 0.15) is 194 Å². The van der Waals surface area contributed by atoms with Gasteiger partial charge in [0.2, 0.25) is 5.91 Å². The van der Waals surface area contributed by atoms with Gasteiger partial charge in [-0.25, -0.2) is 0 Å². The van der Waals surface area contributed by atoms with E-state index in [9.17, 15) is 61.0 Å². The maximum absolute atomic E-state index is 13.3. The number of hydrogen-bond acceptors (Lipinski definition) is 18. The zero-order valence-electron chi connectivity index (χ0n) is 45.5. The Hall–Kier alpha value is -1.73. The molecule has 1 amide bonds. The molecule has 75 heavy (non-hydrogen) atoms. The van der Waals surface area contributed by atoms with Gasteiger partial charge in [0.05, 0.1) is 38.6 Å². The lowest BCUT2D eigenvalue weighted by atomic mass is 9.96. The molecular weight excluding hydrogens is 975 g/mol. The first-order valence-electron chi connectivity index (χ1n) is 29.1. The van der Waals surface area contributed by atoms with Crippen LogP contribution in [0.5, 0.6) is 0 Å². The van der Waals surface area contributed by atoms with Crippen LogP contribution in [0.15, 0.2) is 24.3 Å². The van der Waals surface area contributed by atoms with Crippen molar-refractivity contribution in [3.05, 3.63) is 24.3 Å². The summed E-state index contributed by atoms with van der Waals surface area (Å²) in [5.41, 5.74) is 0. The second-order valence-corrected chi connectivity index (χ2v) is 21.1. The highest BCUT2D eigenvalue weighted by Crippen LogP contribution is 2.33. The zero-order valence-corrected chi connectivity index (χ0v) is 45.5. The number of carbonyl (C=O) groups is 1. The number of unbranched alkanes of at least 4 members (excludes halogenated alkanes) is 24. The molecule has 3 heterocycles. The average Bonchev–Trinajstić information content (AvgIpc) is 3.41. The predicted molar refractivity (Wildman–Crippen MR) is 282 cm³/mol. The Bertz CT molecular complexity index is 1480. The molecule has 0 aromatic carbocycles. The molecule has 3 aliphatic rings. The molecule has 440 valence electrons. The van der Waals surface area contributed by atoms with Crippen molar-refractivity contribution in [2.24, 2.45) is 0 Å². The SMILES string of the molecule is CCCCCCCC/C=C/CC/C=C/C(O)C(COC1OC(CO)C(OC2OC(CO)C(OC3OC(CO)C(O)C(O)C3O)C(O)C2O)C(O)C1O)NC(=O)CCCCCCCCCCCCCCCCCCCC. The molecule has 17 unspecified atom stereocenters.